The Hall–Kier alpha value is 0.150. The fourth-order valence-electron chi connectivity index (χ4n) is 2.10. The van der Waals surface area contributed by atoms with Crippen LogP contribution in [0.25, 0.3) is 0 Å². The normalized spacial score (nSPS) is 22.6. The lowest BCUT2D eigenvalue weighted by Crippen LogP contribution is -2.47. The lowest BCUT2D eigenvalue weighted by molar-refractivity contribution is -0.00475. The van der Waals surface area contributed by atoms with Gasteiger partial charge in [-0.25, -0.2) is 13.1 Å². The van der Waals surface area contributed by atoms with Crippen LogP contribution in [0.3, 0.4) is 0 Å². The first-order valence-electron chi connectivity index (χ1n) is 6.12. The Labute approximate surface area is 137 Å². The van der Waals surface area contributed by atoms with Gasteiger partial charge in [-0.05, 0) is 31.9 Å². The smallest absolute Gasteiger partial charge is 0.243 e. The SMILES string of the molecule is CCOC1CC(NS(=O)(=O)c2c(Cl)cc(Br)cc2Cl)C1. The van der Waals surface area contributed by atoms with Gasteiger partial charge < -0.3 is 4.74 Å². The summed E-state index contributed by atoms with van der Waals surface area (Å²) in [7, 11) is -3.73. The molecule has 0 unspecified atom stereocenters. The summed E-state index contributed by atoms with van der Waals surface area (Å²) in [6, 6.07) is 2.88. The highest BCUT2D eigenvalue weighted by Gasteiger charge is 2.34. The molecule has 20 heavy (non-hydrogen) atoms. The summed E-state index contributed by atoms with van der Waals surface area (Å²) in [5.41, 5.74) is 0. The highest BCUT2D eigenvalue weighted by molar-refractivity contribution is 9.10. The first kappa shape index (κ1) is 16.5. The van der Waals surface area contributed by atoms with Crippen LogP contribution in [0.5, 0.6) is 0 Å². The molecule has 0 amide bonds. The van der Waals surface area contributed by atoms with Crippen molar-refractivity contribution in [2.24, 2.45) is 0 Å². The minimum atomic E-state index is -3.73. The van der Waals surface area contributed by atoms with E-state index >= 15 is 0 Å². The van der Waals surface area contributed by atoms with Crippen molar-refractivity contribution in [3.63, 3.8) is 0 Å². The Balaban J connectivity index is 2.12. The molecule has 0 heterocycles. The molecule has 0 spiro atoms. The van der Waals surface area contributed by atoms with Gasteiger partial charge in [0.15, 0.2) is 0 Å². The van der Waals surface area contributed by atoms with Gasteiger partial charge >= 0.3 is 0 Å². The molecular formula is C12H14BrCl2NO3S. The van der Waals surface area contributed by atoms with E-state index in [0.717, 1.165) is 0 Å². The van der Waals surface area contributed by atoms with Crippen LogP contribution in [0.4, 0.5) is 0 Å². The largest absolute Gasteiger partial charge is 0.378 e. The van der Waals surface area contributed by atoms with E-state index in [0.29, 0.717) is 23.9 Å². The van der Waals surface area contributed by atoms with Crippen molar-refractivity contribution in [1.29, 1.82) is 0 Å². The number of benzene rings is 1. The average molecular weight is 403 g/mol. The minimum Gasteiger partial charge on any atom is -0.378 e. The molecule has 0 bridgehead atoms. The molecule has 112 valence electrons. The predicted molar refractivity (Wildman–Crippen MR) is 82.9 cm³/mol. The molecule has 0 saturated heterocycles. The second-order valence-electron chi connectivity index (χ2n) is 4.57. The molecule has 1 aromatic carbocycles. The zero-order valence-electron chi connectivity index (χ0n) is 10.7. The summed E-state index contributed by atoms with van der Waals surface area (Å²) in [5, 5.41) is 0.190. The van der Waals surface area contributed by atoms with Crippen LogP contribution in [-0.4, -0.2) is 27.2 Å². The second kappa shape index (κ2) is 6.50. The zero-order chi connectivity index (χ0) is 14.9. The summed E-state index contributed by atoms with van der Waals surface area (Å²) < 4.78 is 33.3. The molecule has 8 heteroatoms. The molecule has 1 aromatic rings. The minimum absolute atomic E-state index is 0.0797. The first-order chi connectivity index (χ1) is 9.33. The van der Waals surface area contributed by atoms with E-state index in [9.17, 15) is 8.42 Å². The Morgan fingerprint density at radius 1 is 1.35 bits per heavy atom. The molecule has 0 atom stereocenters. The van der Waals surface area contributed by atoms with Crippen LogP contribution < -0.4 is 4.72 Å². The van der Waals surface area contributed by atoms with Gasteiger partial charge in [0, 0.05) is 17.1 Å². The molecule has 0 aromatic heterocycles. The molecule has 1 N–H and O–H groups in total. The number of nitrogens with one attached hydrogen (secondary N) is 1. The number of hydrogen-bond donors (Lipinski definition) is 1. The van der Waals surface area contributed by atoms with Crippen LogP contribution in [0.1, 0.15) is 19.8 Å². The van der Waals surface area contributed by atoms with Crippen molar-refractivity contribution in [2.75, 3.05) is 6.61 Å². The fourth-order valence-corrected chi connectivity index (χ4v) is 5.30. The van der Waals surface area contributed by atoms with Crippen LogP contribution in [0, 0.1) is 0 Å². The van der Waals surface area contributed by atoms with Crippen molar-refractivity contribution >= 4 is 49.2 Å². The number of hydrogen-bond acceptors (Lipinski definition) is 3. The predicted octanol–water partition coefficient (Wildman–Crippen LogP) is 3.60. The maximum absolute atomic E-state index is 12.3. The Morgan fingerprint density at radius 2 is 1.90 bits per heavy atom. The average Bonchev–Trinajstić information content (AvgIpc) is 2.23. The first-order valence-corrected chi connectivity index (χ1v) is 9.15. The third kappa shape index (κ3) is 3.67. The number of halogens is 3. The van der Waals surface area contributed by atoms with Gasteiger partial charge in [-0.2, -0.15) is 0 Å². The van der Waals surface area contributed by atoms with Crippen molar-refractivity contribution in [3.8, 4) is 0 Å². The van der Waals surface area contributed by atoms with Gasteiger partial charge in [0.25, 0.3) is 0 Å². The molecule has 4 nitrogen and oxygen atoms in total. The monoisotopic (exact) mass is 401 g/mol. The molecule has 1 aliphatic rings. The molecule has 2 rings (SSSR count). The highest BCUT2D eigenvalue weighted by atomic mass is 79.9. The standard InChI is InChI=1S/C12H14BrCl2NO3S/c1-2-19-9-5-8(6-9)16-20(17,18)12-10(14)3-7(13)4-11(12)15/h3-4,8-9,16H,2,5-6H2,1H3. The van der Waals surface area contributed by atoms with E-state index in [1.165, 1.54) is 12.1 Å². The molecule has 0 aliphatic heterocycles. The quantitative estimate of drug-likeness (QED) is 0.818. The number of rotatable bonds is 5. The molecule has 1 saturated carbocycles. The Bertz CT molecular complexity index is 580. The van der Waals surface area contributed by atoms with Gasteiger partial charge in [0.2, 0.25) is 10.0 Å². The van der Waals surface area contributed by atoms with Gasteiger partial charge in [0.05, 0.1) is 16.1 Å². The highest BCUT2D eigenvalue weighted by Crippen LogP contribution is 2.34. The van der Waals surface area contributed by atoms with Gasteiger partial charge in [-0.15, -0.1) is 0 Å². The summed E-state index contributed by atoms with van der Waals surface area (Å²) >= 11 is 15.2. The summed E-state index contributed by atoms with van der Waals surface area (Å²) in [5.74, 6) is 0. The topological polar surface area (TPSA) is 55.4 Å². The van der Waals surface area contributed by atoms with E-state index in [1.807, 2.05) is 6.92 Å². The van der Waals surface area contributed by atoms with Crippen LogP contribution in [0.15, 0.2) is 21.5 Å². The van der Waals surface area contributed by atoms with E-state index in [1.54, 1.807) is 0 Å². The third-order valence-electron chi connectivity index (χ3n) is 3.05. The molecule has 0 radical (unpaired) electrons. The van der Waals surface area contributed by atoms with Gasteiger partial charge in [0.1, 0.15) is 4.90 Å². The summed E-state index contributed by atoms with van der Waals surface area (Å²) in [6.45, 7) is 2.55. The fraction of sp³-hybridized carbons (Fsp3) is 0.500. The Kier molecular flexibility index (Phi) is 5.37. The van der Waals surface area contributed by atoms with Gasteiger partial charge in [-0.1, -0.05) is 39.1 Å². The summed E-state index contributed by atoms with van der Waals surface area (Å²) in [4.78, 5) is -0.0797. The van der Waals surface area contributed by atoms with Crippen LogP contribution in [-0.2, 0) is 14.8 Å². The van der Waals surface area contributed by atoms with Crippen molar-refractivity contribution in [1.82, 2.24) is 4.72 Å². The Morgan fingerprint density at radius 3 is 2.40 bits per heavy atom. The van der Waals surface area contributed by atoms with Crippen molar-refractivity contribution < 1.29 is 13.2 Å². The lowest BCUT2D eigenvalue weighted by atomic mass is 9.90. The maximum Gasteiger partial charge on any atom is 0.243 e. The maximum atomic E-state index is 12.3. The van der Waals surface area contributed by atoms with Gasteiger partial charge in [-0.3, -0.25) is 0 Å². The van der Waals surface area contributed by atoms with Crippen molar-refractivity contribution in [2.45, 2.75) is 36.8 Å². The zero-order valence-corrected chi connectivity index (χ0v) is 14.6. The molecular weight excluding hydrogens is 389 g/mol. The summed E-state index contributed by atoms with van der Waals surface area (Å²) in [6.07, 6.45) is 1.46. The van der Waals surface area contributed by atoms with E-state index < -0.39 is 10.0 Å². The second-order valence-corrected chi connectivity index (χ2v) is 7.95. The number of sulfonamides is 1. The van der Waals surface area contributed by atoms with Crippen molar-refractivity contribution in [3.05, 3.63) is 26.7 Å². The van der Waals surface area contributed by atoms with Crippen LogP contribution in [0.2, 0.25) is 10.0 Å². The third-order valence-corrected chi connectivity index (χ3v) is 5.95. The number of ether oxygens (including phenoxy) is 1. The molecule has 1 aliphatic carbocycles. The molecule has 1 fully saturated rings. The van der Waals surface area contributed by atoms with E-state index in [4.69, 9.17) is 27.9 Å². The van der Waals surface area contributed by atoms with E-state index in [-0.39, 0.29) is 27.1 Å². The van der Waals surface area contributed by atoms with Crippen LogP contribution >= 0.6 is 39.1 Å². The lowest BCUT2D eigenvalue weighted by Gasteiger charge is -2.35. The van der Waals surface area contributed by atoms with E-state index in [2.05, 4.69) is 20.7 Å².